The average Bonchev–Trinajstić information content (AvgIpc) is 2.64. The lowest BCUT2D eigenvalue weighted by molar-refractivity contribution is 0.0697. The van der Waals surface area contributed by atoms with Gasteiger partial charge >= 0.3 is 5.97 Å². The highest BCUT2D eigenvalue weighted by atomic mass is 35.5. The third kappa shape index (κ3) is 2.04. The van der Waals surface area contributed by atoms with Crippen molar-refractivity contribution in [3.63, 3.8) is 0 Å². The number of aromatic nitrogens is 3. The van der Waals surface area contributed by atoms with E-state index in [0.29, 0.717) is 11.4 Å². The van der Waals surface area contributed by atoms with Crippen LogP contribution >= 0.6 is 11.6 Å². The van der Waals surface area contributed by atoms with Crippen LogP contribution in [0.1, 0.15) is 10.4 Å². The SMILES string of the molecule is Cn1cnc(-c2cc(C(=O)O)cc(Cl)n2)c1. The highest BCUT2D eigenvalue weighted by Gasteiger charge is 2.10. The summed E-state index contributed by atoms with van der Waals surface area (Å²) < 4.78 is 1.75. The Hall–Kier alpha value is -1.88. The van der Waals surface area contributed by atoms with Gasteiger partial charge in [0, 0.05) is 13.2 Å². The molecule has 5 nitrogen and oxygen atoms in total. The van der Waals surface area contributed by atoms with Crippen LogP contribution in [0.5, 0.6) is 0 Å². The molecule has 0 saturated carbocycles. The minimum atomic E-state index is -1.04. The van der Waals surface area contributed by atoms with Crippen LogP contribution in [0.2, 0.25) is 5.15 Å². The number of aryl methyl sites for hydroxylation is 1. The van der Waals surface area contributed by atoms with Crippen molar-refractivity contribution in [3.05, 3.63) is 35.4 Å². The number of imidazole rings is 1. The summed E-state index contributed by atoms with van der Waals surface area (Å²) in [7, 11) is 1.82. The summed E-state index contributed by atoms with van der Waals surface area (Å²) in [5.74, 6) is -1.04. The molecule has 1 N–H and O–H groups in total. The second-order valence-corrected chi connectivity index (χ2v) is 3.68. The molecule has 0 radical (unpaired) electrons. The highest BCUT2D eigenvalue weighted by molar-refractivity contribution is 6.29. The summed E-state index contributed by atoms with van der Waals surface area (Å²) >= 11 is 5.74. The number of carboxylic acid groups (broad SMARTS) is 1. The Morgan fingerprint density at radius 3 is 2.75 bits per heavy atom. The van der Waals surface area contributed by atoms with Crippen molar-refractivity contribution in [2.75, 3.05) is 0 Å². The predicted molar refractivity (Wildman–Crippen MR) is 58.4 cm³/mol. The van der Waals surface area contributed by atoms with Crippen molar-refractivity contribution in [2.24, 2.45) is 7.05 Å². The van der Waals surface area contributed by atoms with E-state index < -0.39 is 5.97 Å². The van der Waals surface area contributed by atoms with Gasteiger partial charge in [-0.15, -0.1) is 0 Å². The van der Waals surface area contributed by atoms with Gasteiger partial charge in [0.15, 0.2) is 0 Å². The molecule has 2 aromatic heterocycles. The standard InChI is InChI=1S/C10H8ClN3O2/c1-14-4-8(12-5-14)7-2-6(10(15)16)3-9(11)13-7/h2-5H,1H3,(H,15,16). The number of hydrogen-bond donors (Lipinski definition) is 1. The number of hydrogen-bond acceptors (Lipinski definition) is 3. The second kappa shape index (κ2) is 3.94. The Balaban J connectivity index is 2.53. The first-order valence-corrected chi connectivity index (χ1v) is 4.83. The van der Waals surface area contributed by atoms with Crippen molar-refractivity contribution in [2.45, 2.75) is 0 Å². The zero-order chi connectivity index (χ0) is 11.7. The maximum Gasteiger partial charge on any atom is 0.335 e. The first-order chi connectivity index (χ1) is 7.56. The molecule has 0 spiro atoms. The van der Waals surface area contributed by atoms with E-state index in [2.05, 4.69) is 9.97 Å². The number of carboxylic acids is 1. The van der Waals surface area contributed by atoms with Gasteiger partial charge in [0.2, 0.25) is 0 Å². The van der Waals surface area contributed by atoms with Crippen molar-refractivity contribution in [3.8, 4) is 11.4 Å². The van der Waals surface area contributed by atoms with Gasteiger partial charge in [0.25, 0.3) is 0 Å². The van der Waals surface area contributed by atoms with Crippen LogP contribution in [-0.2, 0) is 7.05 Å². The summed E-state index contributed by atoms with van der Waals surface area (Å²) in [4.78, 5) is 18.9. The number of halogens is 1. The quantitative estimate of drug-likeness (QED) is 0.810. The molecule has 82 valence electrons. The van der Waals surface area contributed by atoms with Crippen molar-refractivity contribution < 1.29 is 9.90 Å². The number of carbonyl (C=O) groups is 1. The first kappa shape index (κ1) is 10.6. The van der Waals surface area contributed by atoms with Crippen LogP contribution < -0.4 is 0 Å². The topological polar surface area (TPSA) is 68.0 Å². The summed E-state index contributed by atoms with van der Waals surface area (Å²) in [5.41, 5.74) is 1.14. The minimum Gasteiger partial charge on any atom is -0.478 e. The first-order valence-electron chi connectivity index (χ1n) is 4.45. The van der Waals surface area contributed by atoms with Gasteiger partial charge < -0.3 is 9.67 Å². The Bertz CT molecular complexity index is 551. The van der Waals surface area contributed by atoms with Crippen molar-refractivity contribution in [1.29, 1.82) is 0 Å². The van der Waals surface area contributed by atoms with Crippen LogP contribution in [0.25, 0.3) is 11.4 Å². The summed E-state index contributed by atoms with van der Waals surface area (Å²) in [5, 5.41) is 9.01. The molecule has 2 aromatic rings. The van der Waals surface area contributed by atoms with Gasteiger partial charge in [0.05, 0.1) is 17.6 Å². The summed E-state index contributed by atoms with van der Waals surface area (Å²) in [6, 6.07) is 2.74. The zero-order valence-corrected chi connectivity index (χ0v) is 9.14. The van der Waals surface area contributed by atoms with Crippen LogP contribution in [0.3, 0.4) is 0 Å². The number of nitrogens with zero attached hydrogens (tertiary/aromatic N) is 3. The molecular formula is C10H8ClN3O2. The fourth-order valence-corrected chi connectivity index (χ4v) is 1.51. The van der Waals surface area contributed by atoms with Gasteiger partial charge in [-0.3, -0.25) is 0 Å². The third-order valence-electron chi connectivity index (χ3n) is 2.01. The van der Waals surface area contributed by atoms with E-state index in [1.807, 2.05) is 7.05 Å². The van der Waals surface area contributed by atoms with E-state index in [1.165, 1.54) is 12.1 Å². The normalized spacial score (nSPS) is 10.4. The molecule has 0 aliphatic rings. The van der Waals surface area contributed by atoms with Gasteiger partial charge in [-0.1, -0.05) is 11.6 Å². The molecule has 2 heterocycles. The van der Waals surface area contributed by atoms with E-state index in [-0.39, 0.29) is 10.7 Å². The highest BCUT2D eigenvalue weighted by Crippen LogP contribution is 2.19. The smallest absolute Gasteiger partial charge is 0.335 e. The molecule has 16 heavy (non-hydrogen) atoms. The van der Waals surface area contributed by atoms with Gasteiger partial charge in [-0.25, -0.2) is 14.8 Å². The van der Waals surface area contributed by atoms with E-state index in [4.69, 9.17) is 16.7 Å². The molecular weight excluding hydrogens is 230 g/mol. The van der Waals surface area contributed by atoms with Gasteiger partial charge in [0.1, 0.15) is 10.8 Å². The van der Waals surface area contributed by atoms with E-state index >= 15 is 0 Å². The third-order valence-corrected chi connectivity index (χ3v) is 2.20. The molecule has 0 unspecified atom stereocenters. The number of pyridine rings is 1. The maximum atomic E-state index is 10.8. The Morgan fingerprint density at radius 1 is 1.44 bits per heavy atom. The van der Waals surface area contributed by atoms with Gasteiger partial charge in [-0.2, -0.15) is 0 Å². The average molecular weight is 238 g/mol. The molecule has 0 aliphatic carbocycles. The minimum absolute atomic E-state index is 0.0978. The van der Waals surface area contributed by atoms with Crippen molar-refractivity contribution in [1.82, 2.24) is 14.5 Å². The Kier molecular flexibility index (Phi) is 2.62. The molecule has 0 amide bonds. The number of aromatic carboxylic acids is 1. The fraction of sp³-hybridized carbons (Fsp3) is 0.100. The van der Waals surface area contributed by atoms with Crippen LogP contribution in [-0.4, -0.2) is 25.6 Å². The monoisotopic (exact) mass is 237 g/mol. The molecule has 0 saturated heterocycles. The molecule has 0 aliphatic heterocycles. The van der Waals surface area contributed by atoms with E-state index in [0.717, 1.165) is 0 Å². The molecule has 0 aromatic carbocycles. The Labute approximate surface area is 96.3 Å². The molecule has 0 bridgehead atoms. The van der Waals surface area contributed by atoms with Crippen LogP contribution in [0.15, 0.2) is 24.7 Å². The lowest BCUT2D eigenvalue weighted by atomic mass is 10.2. The van der Waals surface area contributed by atoms with E-state index in [1.54, 1.807) is 17.1 Å². The van der Waals surface area contributed by atoms with Gasteiger partial charge in [-0.05, 0) is 12.1 Å². The molecule has 6 heteroatoms. The lowest BCUT2D eigenvalue weighted by Crippen LogP contribution is -1.98. The van der Waals surface area contributed by atoms with Crippen LogP contribution in [0, 0.1) is 0 Å². The fourth-order valence-electron chi connectivity index (χ4n) is 1.30. The maximum absolute atomic E-state index is 10.8. The molecule has 2 rings (SSSR count). The summed E-state index contributed by atoms with van der Waals surface area (Å²) in [6.45, 7) is 0. The number of rotatable bonds is 2. The summed E-state index contributed by atoms with van der Waals surface area (Å²) in [6.07, 6.45) is 3.35. The predicted octanol–water partition coefficient (Wildman–Crippen LogP) is 1.83. The molecule has 0 atom stereocenters. The van der Waals surface area contributed by atoms with E-state index in [9.17, 15) is 4.79 Å². The zero-order valence-electron chi connectivity index (χ0n) is 8.38. The van der Waals surface area contributed by atoms with Crippen molar-refractivity contribution >= 4 is 17.6 Å². The lowest BCUT2D eigenvalue weighted by Gasteiger charge is -2.00. The largest absolute Gasteiger partial charge is 0.478 e. The molecule has 0 fully saturated rings. The Morgan fingerprint density at radius 2 is 2.19 bits per heavy atom. The van der Waals surface area contributed by atoms with Crippen LogP contribution in [0.4, 0.5) is 0 Å². The second-order valence-electron chi connectivity index (χ2n) is 3.29.